The Bertz CT molecular complexity index is 177. The quantitative estimate of drug-likeness (QED) is 0.609. The lowest BCUT2D eigenvalue weighted by molar-refractivity contribution is -0.135. The number of halogens is 3. The van der Waals surface area contributed by atoms with Crippen LogP contribution in [0.25, 0.3) is 0 Å². The average molecular weight is 257 g/mol. The first-order chi connectivity index (χ1) is 7.99. The van der Waals surface area contributed by atoms with Crippen molar-refractivity contribution in [3.05, 3.63) is 0 Å². The summed E-state index contributed by atoms with van der Waals surface area (Å²) in [5, 5.41) is 3.00. The first kappa shape index (κ1) is 16.7. The first-order valence-electron chi connectivity index (χ1n) is 5.80. The minimum atomic E-state index is -4.05. The van der Waals surface area contributed by atoms with E-state index in [4.69, 9.17) is 9.47 Å². The Hall–Kier alpha value is -0.330. The van der Waals surface area contributed by atoms with Crippen molar-refractivity contribution in [1.82, 2.24) is 5.32 Å². The second-order valence-electron chi connectivity index (χ2n) is 3.89. The summed E-state index contributed by atoms with van der Waals surface area (Å²) in [6, 6.07) is 0.0832. The summed E-state index contributed by atoms with van der Waals surface area (Å²) in [5.74, 6) is 0. The molecular formula is C11H22F3NO2. The van der Waals surface area contributed by atoms with Crippen molar-refractivity contribution in [3.8, 4) is 0 Å². The maximum atomic E-state index is 11.9. The lowest BCUT2D eigenvalue weighted by Gasteiger charge is -2.16. The van der Waals surface area contributed by atoms with E-state index in [2.05, 4.69) is 5.32 Å². The molecule has 0 aromatic carbocycles. The van der Waals surface area contributed by atoms with Crippen LogP contribution in [0.1, 0.15) is 25.7 Å². The average Bonchev–Trinajstić information content (AvgIpc) is 2.25. The number of hydrogen-bond acceptors (Lipinski definition) is 3. The standard InChI is InChI=1S/C11H22F3NO2/c1-15-10(4-3-6-11(12,13)14)5-7-17-9-8-16-2/h10,15H,3-9H2,1-2H3. The van der Waals surface area contributed by atoms with E-state index in [1.807, 2.05) is 0 Å². The number of hydrogen-bond donors (Lipinski definition) is 1. The molecule has 0 aliphatic rings. The molecule has 0 spiro atoms. The maximum Gasteiger partial charge on any atom is 0.389 e. The minimum Gasteiger partial charge on any atom is -0.382 e. The molecule has 104 valence electrons. The fraction of sp³-hybridized carbons (Fsp3) is 1.00. The highest BCUT2D eigenvalue weighted by atomic mass is 19.4. The van der Waals surface area contributed by atoms with Gasteiger partial charge in [0.15, 0.2) is 0 Å². The van der Waals surface area contributed by atoms with Gasteiger partial charge in [-0.1, -0.05) is 0 Å². The highest BCUT2D eigenvalue weighted by Gasteiger charge is 2.26. The fourth-order valence-corrected chi connectivity index (χ4v) is 1.45. The van der Waals surface area contributed by atoms with Gasteiger partial charge in [-0.2, -0.15) is 13.2 Å². The first-order valence-corrected chi connectivity index (χ1v) is 5.80. The topological polar surface area (TPSA) is 30.5 Å². The molecule has 1 unspecified atom stereocenters. The third kappa shape index (κ3) is 11.9. The van der Waals surface area contributed by atoms with Gasteiger partial charge in [-0.25, -0.2) is 0 Å². The van der Waals surface area contributed by atoms with Gasteiger partial charge in [-0.05, 0) is 26.3 Å². The molecule has 0 bridgehead atoms. The second-order valence-corrected chi connectivity index (χ2v) is 3.89. The van der Waals surface area contributed by atoms with Crippen LogP contribution in [0.15, 0.2) is 0 Å². The van der Waals surface area contributed by atoms with Gasteiger partial charge in [0.2, 0.25) is 0 Å². The summed E-state index contributed by atoms with van der Waals surface area (Å²) in [6.07, 6.45) is -3.36. The van der Waals surface area contributed by atoms with Crippen molar-refractivity contribution >= 4 is 0 Å². The van der Waals surface area contributed by atoms with Crippen LogP contribution in [-0.2, 0) is 9.47 Å². The summed E-state index contributed by atoms with van der Waals surface area (Å²) in [4.78, 5) is 0. The summed E-state index contributed by atoms with van der Waals surface area (Å²) in [5.41, 5.74) is 0. The Kier molecular flexibility index (Phi) is 9.49. The molecule has 17 heavy (non-hydrogen) atoms. The summed E-state index contributed by atoms with van der Waals surface area (Å²) < 4.78 is 45.9. The van der Waals surface area contributed by atoms with Crippen molar-refractivity contribution < 1.29 is 22.6 Å². The predicted octanol–water partition coefficient (Wildman–Crippen LogP) is 2.36. The Morgan fingerprint density at radius 3 is 2.35 bits per heavy atom. The highest BCUT2D eigenvalue weighted by Crippen LogP contribution is 2.22. The Labute approximate surface area is 101 Å². The molecule has 0 fully saturated rings. The van der Waals surface area contributed by atoms with Crippen LogP contribution in [0.4, 0.5) is 13.2 Å². The van der Waals surface area contributed by atoms with Gasteiger partial charge in [0.1, 0.15) is 0 Å². The summed E-state index contributed by atoms with van der Waals surface area (Å²) in [6.45, 7) is 1.61. The Morgan fingerprint density at radius 1 is 1.12 bits per heavy atom. The van der Waals surface area contributed by atoms with E-state index in [1.54, 1.807) is 14.2 Å². The number of ether oxygens (including phenoxy) is 2. The lowest BCUT2D eigenvalue weighted by atomic mass is 10.1. The number of nitrogens with one attached hydrogen (secondary N) is 1. The molecule has 0 saturated heterocycles. The van der Waals surface area contributed by atoms with Crippen LogP contribution in [-0.4, -0.2) is 46.2 Å². The number of alkyl halides is 3. The highest BCUT2D eigenvalue weighted by molar-refractivity contribution is 4.65. The van der Waals surface area contributed by atoms with E-state index in [0.29, 0.717) is 26.2 Å². The summed E-state index contributed by atoms with van der Waals surface area (Å²) in [7, 11) is 3.35. The molecule has 3 nitrogen and oxygen atoms in total. The second kappa shape index (κ2) is 9.67. The number of rotatable bonds is 10. The Morgan fingerprint density at radius 2 is 1.82 bits per heavy atom. The number of methoxy groups -OCH3 is 1. The van der Waals surface area contributed by atoms with E-state index in [1.165, 1.54) is 0 Å². The van der Waals surface area contributed by atoms with E-state index < -0.39 is 12.6 Å². The smallest absolute Gasteiger partial charge is 0.382 e. The SMILES string of the molecule is CNC(CCCC(F)(F)F)CCOCCOC. The molecule has 1 N–H and O–H groups in total. The predicted molar refractivity (Wildman–Crippen MR) is 60.1 cm³/mol. The van der Waals surface area contributed by atoms with Gasteiger partial charge < -0.3 is 14.8 Å². The van der Waals surface area contributed by atoms with Gasteiger partial charge in [0, 0.05) is 26.2 Å². The van der Waals surface area contributed by atoms with Gasteiger partial charge in [-0.3, -0.25) is 0 Å². The van der Waals surface area contributed by atoms with Crippen LogP contribution in [0.5, 0.6) is 0 Å². The molecule has 0 aliphatic carbocycles. The van der Waals surface area contributed by atoms with Gasteiger partial charge >= 0.3 is 6.18 Å². The molecule has 0 aromatic heterocycles. The summed E-state index contributed by atoms with van der Waals surface area (Å²) >= 11 is 0. The molecule has 0 amide bonds. The zero-order valence-electron chi connectivity index (χ0n) is 10.5. The van der Waals surface area contributed by atoms with Crippen molar-refractivity contribution in [1.29, 1.82) is 0 Å². The molecule has 0 saturated carbocycles. The zero-order chi connectivity index (χ0) is 13.1. The van der Waals surface area contributed by atoms with Crippen LogP contribution in [0.3, 0.4) is 0 Å². The van der Waals surface area contributed by atoms with Gasteiger partial charge in [-0.15, -0.1) is 0 Å². The molecule has 0 radical (unpaired) electrons. The van der Waals surface area contributed by atoms with Gasteiger partial charge in [0.25, 0.3) is 0 Å². The minimum absolute atomic E-state index is 0.0832. The monoisotopic (exact) mass is 257 g/mol. The van der Waals surface area contributed by atoms with E-state index in [0.717, 1.165) is 6.42 Å². The van der Waals surface area contributed by atoms with E-state index in [-0.39, 0.29) is 12.5 Å². The Balaban J connectivity index is 3.49. The zero-order valence-corrected chi connectivity index (χ0v) is 10.5. The molecular weight excluding hydrogens is 235 g/mol. The van der Waals surface area contributed by atoms with Crippen molar-refractivity contribution in [2.24, 2.45) is 0 Å². The molecule has 1 atom stereocenters. The third-order valence-corrected chi connectivity index (χ3v) is 2.46. The third-order valence-electron chi connectivity index (χ3n) is 2.46. The largest absolute Gasteiger partial charge is 0.389 e. The maximum absolute atomic E-state index is 11.9. The molecule has 6 heteroatoms. The molecule has 0 rings (SSSR count). The van der Waals surface area contributed by atoms with Crippen molar-refractivity contribution in [2.45, 2.75) is 37.9 Å². The van der Waals surface area contributed by atoms with Crippen LogP contribution in [0.2, 0.25) is 0 Å². The normalized spacial score (nSPS) is 13.9. The van der Waals surface area contributed by atoms with E-state index in [9.17, 15) is 13.2 Å². The molecule has 0 aromatic rings. The van der Waals surface area contributed by atoms with E-state index >= 15 is 0 Å². The van der Waals surface area contributed by atoms with Crippen LogP contribution in [0, 0.1) is 0 Å². The fourth-order valence-electron chi connectivity index (χ4n) is 1.45. The van der Waals surface area contributed by atoms with Crippen LogP contribution < -0.4 is 5.32 Å². The molecule has 0 aliphatic heterocycles. The van der Waals surface area contributed by atoms with Gasteiger partial charge in [0.05, 0.1) is 13.2 Å². The lowest BCUT2D eigenvalue weighted by Crippen LogP contribution is -2.27. The molecule has 0 heterocycles. The van der Waals surface area contributed by atoms with Crippen molar-refractivity contribution in [2.75, 3.05) is 34.0 Å². The van der Waals surface area contributed by atoms with Crippen LogP contribution >= 0.6 is 0 Å². The van der Waals surface area contributed by atoms with Crippen molar-refractivity contribution in [3.63, 3.8) is 0 Å².